The van der Waals surface area contributed by atoms with E-state index in [-0.39, 0.29) is 6.42 Å². The van der Waals surface area contributed by atoms with Gasteiger partial charge in [-0.25, -0.2) is 0 Å². The van der Waals surface area contributed by atoms with Gasteiger partial charge in [0.25, 0.3) is 0 Å². The SMILES string of the molecule is O=C(O)CCNCCc1c[nH]c2ccc(OCc3ccc(-c4ccccc4)cc3)cc12. The van der Waals surface area contributed by atoms with Crippen molar-refractivity contribution >= 4 is 16.9 Å². The molecule has 1 heterocycles. The third kappa shape index (κ3) is 5.53. The van der Waals surface area contributed by atoms with Crippen LogP contribution in [0.1, 0.15) is 17.5 Å². The van der Waals surface area contributed by atoms with Crippen LogP contribution in [-0.4, -0.2) is 29.1 Å². The fourth-order valence-electron chi connectivity index (χ4n) is 3.59. The molecule has 0 spiro atoms. The molecule has 5 heteroatoms. The maximum atomic E-state index is 10.6. The van der Waals surface area contributed by atoms with Gasteiger partial charge in [0.2, 0.25) is 0 Å². The first kappa shape index (κ1) is 20.7. The van der Waals surface area contributed by atoms with Gasteiger partial charge in [-0.2, -0.15) is 0 Å². The Hall–Kier alpha value is -3.57. The summed E-state index contributed by atoms with van der Waals surface area (Å²) < 4.78 is 6.04. The normalized spacial score (nSPS) is 11.0. The van der Waals surface area contributed by atoms with E-state index in [0.29, 0.717) is 13.2 Å². The molecule has 4 rings (SSSR count). The van der Waals surface area contributed by atoms with Gasteiger partial charge in [0.1, 0.15) is 12.4 Å². The molecule has 4 aromatic rings. The Morgan fingerprint density at radius 2 is 1.71 bits per heavy atom. The summed E-state index contributed by atoms with van der Waals surface area (Å²) in [4.78, 5) is 13.9. The molecule has 5 nitrogen and oxygen atoms in total. The minimum Gasteiger partial charge on any atom is -0.489 e. The summed E-state index contributed by atoms with van der Waals surface area (Å²) in [5, 5.41) is 13.0. The number of hydrogen-bond acceptors (Lipinski definition) is 3. The van der Waals surface area contributed by atoms with E-state index < -0.39 is 5.97 Å². The highest BCUT2D eigenvalue weighted by molar-refractivity contribution is 5.84. The maximum Gasteiger partial charge on any atom is 0.304 e. The Kier molecular flexibility index (Phi) is 6.65. The van der Waals surface area contributed by atoms with Gasteiger partial charge in [0.15, 0.2) is 0 Å². The lowest BCUT2D eigenvalue weighted by molar-refractivity contribution is -0.136. The first-order valence-electron chi connectivity index (χ1n) is 10.5. The van der Waals surface area contributed by atoms with Crippen molar-refractivity contribution in [2.24, 2.45) is 0 Å². The van der Waals surface area contributed by atoms with Crippen molar-refractivity contribution in [3.8, 4) is 16.9 Å². The van der Waals surface area contributed by atoms with E-state index in [9.17, 15) is 4.79 Å². The number of benzene rings is 3. The zero-order valence-corrected chi connectivity index (χ0v) is 17.3. The van der Waals surface area contributed by atoms with Gasteiger partial charge < -0.3 is 20.1 Å². The molecule has 0 saturated carbocycles. The molecular formula is C26H26N2O3. The molecule has 0 unspecified atom stereocenters. The van der Waals surface area contributed by atoms with Crippen LogP contribution in [0.2, 0.25) is 0 Å². The quantitative estimate of drug-likeness (QED) is 0.319. The molecule has 0 radical (unpaired) electrons. The molecule has 0 amide bonds. The van der Waals surface area contributed by atoms with Gasteiger partial charge in [-0.15, -0.1) is 0 Å². The fraction of sp³-hybridized carbons (Fsp3) is 0.192. The molecule has 31 heavy (non-hydrogen) atoms. The van der Waals surface area contributed by atoms with Gasteiger partial charge in [-0.05, 0) is 53.4 Å². The van der Waals surface area contributed by atoms with Gasteiger partial charge in [-0.1, -0.05) is 54.6 Å². The average Bonchev–Trinajstić information content (AvgIpc) is 3.20. The van der Waals surface area contributed by atoms with Crippen LogP contribution >= 0.6 is 0 Å². The highest BCUT2D eigenvalue weighted by atomic mass is 16.5. The second-order valence-corrected chi connectivity index (χ2v) is 7.52. The Balaban J connectivity index is 1.36. The summed E-state index contributed by atoms with van der Waals surface area (Å²) in [6.45, 7) is 1.73. The summed E-state index contributed by atoms with van der Waals surface area (Å²) in [6, 6.07) is 24.9. The maximum absolute atomic E-state index is 10.6. The van der Waals surface area contributed by atoms with E-state index in [2.05, 4.69) is 52.8 Å². The molecule has 0 aliphatic rings. The topological polar surface area (TPSA) is 74.4 Å². The first-order valence-corrected chi connectivity index (χ1v) is 10.5. The number of carboxylic acids is 1. The fourth-order valence-corrected chi connectivity index (χ4v) is 3.59. The van der Waals surface area contributed by atoms with Crippen molar-refractivity contribution in [1.82, 2.24) is 10.3 Å². The van der Waals surface area contributed by atoms with Gasteiger partial charge in [0.05, 0.1) is 6.42 Å². The smallest absolute Gasteiger partial charge is 0.304 e. The van der Waals surface area contributed by atoms with Crippen LogP contribution in [0.15, 0.2) is 79.0 Å². The lowest BCUT2D eigenvalue weighted by Crippen LogP contribution is -2.20. The van der Waals surface area contributed by atoms with Crippen LogP contribution in [0, 0.1) is 0 Å². The van der Waals surface area contributed by atoms with E-state index in [0.717, 1.165) is 35.2 Å². The molecule has 3 N–H and O–H groups in total. The number of fused-ring (bicyclic) bond motifs is 1. The molecule has 0 aliphatic heterocycles. The standard InChI is InChI=1S/C26H26N2O3/c29-26(30)13-15-27-14-12-22-17-28-25-11-10-23(16-24(22)25)31-18-19-6-8-21(9-7-19)20-4-2-1-3-5-20/h1-11,16-17,27-28H,12-15,18H2,(H,29,30). The van der Waals surface area contributed by atoms with E-state index in [4.69, 9.17) is 9.84 Å². The summed E-state index contributed by atoms with van der Waals surface area (Å²) in [5.74, 6) is 0.0513. The lowest BCUT2D eigenvalue weighted by Gasteiger charge is -2.08. The molecule has 0 bridgehead atoms. The lowest BCUT2D eigenvalue weighted by atomic mass is 10.0. The average molecular weight is 415 g/mol. The molecule has 158 valence electrons. The van der Waals surface area contributed by atoms with Gasteiger partial charge >= 0.3 is 5.97 Å². The van der Waals surface area contributed by atoms with Crippen LogP contribution in [0.4, 0.5) is 0 Å². The second kappa shape index (κ2) is 9.96. The van der Waals surface area contributed by atoms with Crippen molar-refractivity contribution in [3.63, 3.8) is 0 Å². The van der Waals surface area contributed by atoms with E-state index in [1.807, 2.05) is 36.5 Å². The third-order valence-corrected chi connectivity index (χ3v) is 5.29. The van der Waals surface area contributed by atoms with Crippen LogP contribution in [0.25, 0.3) is 22.0 Å². The van der Waals surface area contributed by atoms with Crippen molar-refractivity contribution < 1.29 is 14.6 Å². The second-order valence-electron chi connectivity index (χ2n) is 7.52. The van der Waals surface area contributed by atoms with Crippen LogP contribution < -0.4 is 10.1 Å². The van der Waals surface area contributed by atoms with Crippen LogP contribution in [0.3, 0.4) is 0 Å². The minimum absolute atomic E-state index is 0.137. The molecule has 3 aromatic carbocycles. The van der Waals surface area contributed by atoms with E-state index in [1.165, 1.54) is 16.7 Å². The van der Waals surface area contributed by atoms with E-state index >= 15 is 0 Å². The number of aliphatic carboxylic acids is 1. The summed E-state index contributed by atoms with van der Waals surface area (Å²) in [6.07, 6.45) is 2.97. The molecular weight excluding hydrogens is 388 g/mol. The highest BCUT2D eigenvalue weighted by Gasteiger charge is 2.06. The molecule has 1 aromatic heterocycles. The predicted octanol–water partition coefficient (Wildman–Crippen LogP) is 5.02. The third-order valence-electron chi connectivity index (χ3n) is 5.29. The first-order chi connectivity index (χ1) is 15.2. The Bertz CT molecular complexity index is 1130. The Morgan fingerprint density at radius 3 is 2.48 bits per heavy atom. The summed E-state index contributed by atoms with van der Waals surface area (Å²) in [5.41, 5.74) is 5.78. The number of ether oxygens (including phenoxy) is 1. The number of rotatable bonds is 10. The largest absolute Gasteiger partial charge is 0.489 e. The zero-order valence-electron chi connectivity index (χ0n) is 17.3. The van der Waals surface area contributed by atoms with Gasteiger partial charge in [-0.3, -0.25) is 4.79 Å². The predicted molar refractivity (Wildman–Crippen MR) is 123 cm³/mol. The number of carbonyl (C=O) groups is 1. The number of nitrogens with one attached hydrogen (secondary N) is 2. The molecule has 0 aliphatic carbocycles. The Labute approximate surface area is 181 Å². The minimum atomic E-state index is -0.781. The number of aromatic nitrogens is 1. The molecule has 0 fully saturated rings. The van der Waals surface area contributed by atoms with Crippen LogP contribution in [0.5, 0.6) is 5.75 Å². The van der Waals surface area contributed by atoms with Crippen molar-refractivity contribution in [2.45, 2.75) is 19.4 Å². The monoisotopic (exact) mass is 414 g/mol. The number of H-pyrrole nitrogens is 1. The highest BCUT2D eigenvalue weighted by Crippen LogP contribution is 2.25. The summed E-state index contributed by atoms with van der Waals surface area (Å²) >= 11 is 0. The van der Waals surface area contributed by atoms with Gasteiger partial charge in [0, 0.05) is 23.6 Å². The molecule has 0 saturated heterocycles. The number of carboxylic acid groups (broad SMARTS) is 1. The number of aromatic amines is 1. The van der Waals surface area contributed by atoms with Crippen molar-refractivity contribution in [1.29, 1.82) is 0 Å². The van der Waals surface area contributed by atoms with Crippen molar-refractivity contribution in [3.05, 3.63) is 90.1 Å². The summed E-state index contributed by atoms with van der Waals surface area (Å²) in [7, 11) is 0. The number of hydrogen-bond donors (Lipinski definition) is 3. The van der Waals surface area contributed by atoms with E-state index in [1.54, 1.807) is 0 Å². The zero-order chi connectivity index (χ0) is 21.5. The van der Waals surface area contributed by atoms with Crippen LogP contribution in [-0.2, 0) is 17.8 Å². The van der Waals surface area contributed by atoms with Crippen molar-refractivity contribution in [2.75, 3.05) is 13.1 Å². The Morgan fingerprint density at radius 1 is 0.935 bits per heavy atom. The molecule has 0 atom stereocenters.